The summed E-state index contributed by atoms with van der Waals surface area (Å²) in [5.41, 5.74) is 1.64. The summed E-state index contributed by atoms with van der Waals surface area (Å²) in [5.74, 6) is 1.39. The number of aromatic amines is 1. The lowest BCUT2D eigenvalue weighted by Crippen LogP contribution is -2.06. The van der Waals surface area contributed by atoms with Crippen molar-refractivity contribution in [1.29, 1.82) is 0 Å². The first-order valence-corrected chi connectivity index (χ1v) is 6.72. The summed E-state index contributed by atoms with van der Waals surface area (Å²) in [6, 6.07) is 0. The predicted octanol–water partition coefficient (Wildman–Crippen LogP) is 2.41. The molecule has 2 rings (SSSR count). The van der Waals surface area contributed by atoms with E-state index in [1.165, 1.54) is 0 Å². The molecular formula is C11H15BrN6. The van der Waals surface area contributed by atoms with Crippen LogP contribution in [0.2, 0.25) is 0 Å². The molecule has 0 amide bonds. The number of rotatable bonds is 5. The second kappa shape index (κ2) is 5.90. The molecular weight excluding hydrogens is 296 g/mol. The van der Waals surface area contributed by atoms with Gasteiger partial charge in [-0.25, -0.2) is 9.97 Å². The van der Waals surface area contributed by atoms with Crippen molar-refractivity contribution in [3.05, 3.63) is 16.4 Å². The van der Waals surface area contributed by atoms with Gasteiger partial charge >= 0.3 is 0 Å². The van der Waals surface area contributed by atoms with Gasteiger partial charge in [-0.1, -0.05) is 13.3 Å². The van der Waals surface area contributed by atoms with Crippen molar-refractivity contribution in [2.24, 2.45) is 0 Å². The third-order valence-corrected chi connectivity index (χ3v) is 3.23. The van der Waals surface area contributed by atoms with E-state index in [2.05, 4.69) is 53.5 Å². The topological polar surface area (TPSA) is 79.4 Å². The van der Waals surface area contributed by atoms with E-state index in [-0.39, 0.29) is 0 Å². The van der Waals surface area contributed by atoms with Gasteiger partial charge in [0.05, 0.1) is 16.4 Å². The van der Waals surface area contributed by atoms with E-state index in [4.69, 9.17) is 0 Å². The van der Waals surface area contributed by atoms with Gasteiger partial charge in [0.15, 0.2) is 5.82 Å². The Balaban J connectivity index is 2.47. The highest BCUT2D eigenvalue weighted by molar-refractivity contribution is 9.10. The Hall–Kier alpha value is -1.50. The first-order valence-electron chi connectivity index (χ1n) is 5.92. The number of halogens is 1. The normalized spacial score (nSPS) is 10.6. The molecule has 96 valence electrons. The molecule has 2 aromatic rings. The minimum atomic E-state index is 0.589. The number of H-pyrrole nitrogens is 1. The summed E-state index contributed by atoms with van der Waals surface area (Å²) in [6.07, 6.45) is 3.54. The monoisotopic (exact) mass is 310 g/mol. The van der Waals surface area contributed by atoms with Crippen molar-refractivity contribution >= 4 is 21.7 Å². The van der Waals surface area contributed by atoms with Crippen LogP contribution >= 0.6 is 15.9 Å². The highest BCUT2D eigenvalue weighted by atomic mass is 79.9. The zero-order chi connectivity index (χ0) is 13.0. The summed E-state index contributed by atoms with van der Waals surface area (Å²) in [5, 5.41) is 13.6. The Labute approximate surface area is 114 Å². The summed E-state index contributed by atoms with van der Waals surface area (Å²) in [6.45, 7) is 4.96. The van der Waals surface area contributed by atoms with Gasteiger partial charge < -0.3 is 5.32 Å². The van der Waals surface area contributed by atoms with Crippen molar-refractivity contribution in [3.63, 3.8) is 0 Å². The first-order chi connectivity index (χ1) is 8.76. The second-order valence-electron chi connectivity index (χ2n) is 3.79. The zero-order valence-corrected chi connectivity index (χ0v) is 12.0. The average Bonchev–Trinajstić information content (AvgIpc) is 2.88. The molecule has 2 aromatic heterocycles. The van der Waals surface area contributed by atoms with Crippen molar-refractivity contribution in [3.8, 4) is 11.5 Å². The molecule has 6 nitrogen and oxygen atoms in total. The molecule has 0 aliphatic carbocycles. The van der Waals surface area contributed by atoms with E-state index in [0.29, 0.717) is 11.5 Å². The van der Waals surface area contributed by atoms with Gasteiger partial charge in [0.25, 0.3) is 0 Å². The molecule has 0 aliphatic heterocycles. The standard InChI is InChI=1S/C11H15BrN6/c1-3-5-7-9(12)11(13-4-2)16-10(15-7)8-6-14-18-17-8/h6H,3-5H2,1-2H3,(H,13,15,16)(H,14,17,18). The van der Waals surface area contributed by atoms with Crippen LogP contribution in [-0.4, -0.2) is 31.9 Å². The largest absolute Gasteiger partial charge is 0.369 e. The van der Waals surface area contributed by atoms with Crippen molar-refractivity contribution in [2.75, 3.05) is 11.9 Å². The van der Waals surface area contributed by atoms with E-state index >= 15 is 0 Å². The average molecular weight is 311 g/mol. The smallest absolute Gasteiger partial charge is 0.184 e. The first kappa shape index (κ1) is 12.9. The third-order valence-electron chi connectivity index (χ3n) is 2.39. The van der Waals surface area contributed by atoms with Gasteiger partial charge in [-0.05, 0) is 29.3 Å². The number of hydrogen-bond donors (Lipinski definition) is 2. The van der Waals surface area contributed by atoms with Crippen LogP contribution < -0.4 is 5.32 Å². The molecule has 7 heteroatoms. The maximum Gasteiger partial charge on any atom is 0.184 e. The fourth-order valence-electron chi connectivity index (χ4n) is 1.60. The SMILES string of the molecule is CCCc1nc(-c2cn[nH]n2)nc(NCC)c1Br. The fraction of sp³-hybridized carbons (Fsp3) is 0.455. The summed E-state index contributed by atoms with van der Waals surface area (Å²) in [4.78, 5) is 8.98. The zero-order valence-electron chi connectivity index (χ0n) is 10.4. The minimum absolute atomic E-state index is 0.589. The molecule has 0 fully saturated rings. The second-order valence-corrected chi connectivity index (χ2v) is 4.59. The van der Waals surface area contributed by atoms with Gasteiger partial charge in [-0.15, -0.1) is 0 Å². The lowest BCUT2D eigenvalue weighted by atomic mass is 10.2. The number of aryl methyl sites for hydroxylation is 1. The van der Waals surface area contributed by atoms with Crippen LogP contribution in [0.25, 0.3) is 11.5 Å². The van der Waals surface area contributed by atoms with E-state index in [1.807, 2.05) is 6.92 Å². The predicted molar refractivity (Wildman–Crippen MR) is 73.3 cm³/mol. The lowest BCUT2D eigenvalue weighted by molar-refractivity contribution is 0.864. The Morgan fingerprint density at radius 3 is 2.78 bits per heavy atom. The van der Waals surface area contributed by atoms with E-state index in [9.17, 15) is 0 Å². The molecule has 0 aromatic carbocycles. The van der Waals surface area contributed by atoms with Gasteiger partial charge in [0.1, 0.15) is 11.5 Å². The quantitative estimate of drug-likeness (QED) is 0.886. The van der Waals surface area contributed by atoms with Crippen LogP contribution in [0.4, 0.5) is 5.82 Å². The number of hydrogen-bond acceptors (Lipinski definition) is 5. The van der Waals surface area contributed by atoms with Gasteiger partial charge in [0.2, 0.25) is 0 Å². The maximum atomic E-state index is 4.53. The van der Waals surface area contributed by atoms with Crippen LogP contribution in [-0.2, 0) is 6.42 Å². The Kier molecular flexibility index (Phi) is 4.24. The maximum absolute atomic E-state index is 4.53. The molecule has 18 heavy (non-hydrogen) atoms. The Morgan fingerprint density at radius 1 is 1.33 bits per heavy atom. The molecule has 0 unspecified atom stereocenters. The minimum Gasteiger partial charge on any atom is -0.369 e. The third kappa shape index (κ3) is 2.66. The Morgan fingerprint density at radius 2 is 2.17 bits per heavy atom. The molecule has 0 saturated heterocycles. The number of anilines is 1. The van der Waals surface area contributed by atoms with Crippen LogP contribution in [0.1, 0.15) is 26.0 Å². The highest BCUT2D eigenvalue weighted by Gasteiger charge is 2.13. The molecule has 2 N–H and O–H groups in total. The van der Waals surface area contributed by atoms with Crippen molar-refractivity contribution < 1.29 is 0 Å². The molecule has 0 bridgehead atoms. The van der Waals surface area contributed by atoms with E-state index in [1.54, 1.807) is 6.20 Å². The molecule has 0 saturated carbocycles. The highest BCUT2D eigenvalue weighted by Crippen LogP contribution is 2.27. The number of nitrogens with zero attached hydrogens (tertiary/aromatic N) is 4. The summed E-state index contributed by atoms with van der Waals surface area (Å²) in [7, 11) is 0. The van der Waals surface area contributed by atoms with E-state index < -0.39 is 0 Å². The molecule has 0 radical (unpaired) electrons. The van der Waals surface area contributed by atoms with Crippen molar-refractivity contribution in [1.82, 2.24) is 25.4 Å². The van der Waals surface area contributed by atoms with Crippen molar-refractivity contribution in [2.45, 2.75) is 26.7 Å². The number of nitrogens with one attached hydrogen (secondary N) is 2. The lowest BCUT2D eigenvalue weighted by Gasteiger charge is -2.10. The van der Waals surface area contributed by atoms with Crippen LogP contribution in [0, 0.1) is 0 Å². The van der Waals surface area contributed by atoms with Crippen LogP contribution in [0.3, 0.4) is 0 Å². The van der Waals surface area contributed by atoms with Crippen LogP contribution in [0.15, 0.2) is 10.7 Å². The molecule has 0 aliphatic rings. The number of aromatic nitrogens is 5. The van der Waals surface area contributed by atoms with Crippen LogP contribution in [0.5, 0.6) is 0 Å². The van der Waals surface area contributed by atoms with Gasteiger partial charge in [-0.3, -0.25) is 0 Å². The van der Waals surface area contributed by atoms with Gasteiger partial charge in [-0.2, -0.15) is 15.4 Å². The molecule has 0 atom stereocenters. The Bertz CT molecular complexity index is 483. The molecule has 0 spiro atoms. The van der Waals surface area contributed by atoms with Gasteiger partial charge in [0, 0.05) is 6.54 Å². The summed E-state index contributed by atoms with van der Waals surface area (Å²) >= 11 is 3.55. The molecule has 2 heterocycles. The van der Waals surface area contributed by atoms with E-state index in [0.717, 1.165) is 35.4 Å². The fourth-order valence-corrected chi connectivity index (χ4v) is 2.12. The summed E-state index contributed by atoms with van der Waals surface area (Å²) < 4.78 is 0.929.